The second-order valence-electron chi connectivity index (χ2n) is 4.33. The maximum atomic E-state index is 5.84. The predicted octanol–water partition coefficient (Wildman–Crippen LogP) is 4.78. The van der Waals surface area contributed by atoms with Crippen LogP contribution in [-0.2, 0) is 5.88 Å². The Morgan fingerprint density at radius 1 is 1.12 bits per heavy atom. The molecule has 2 aromatic rings. The van der Waals surface area contributed by atoms with E-state index in [-0.39, 0.29) is 0 Å². The highest BCUT2D eigenvalue weighted by atomic mass is 35.5. The standard InChI is InChI=1S/C14H16ClNS/c1-8-5-6-12(10(3)9(8)2)14-11(4)17-13(7-15)16-14/h5-6H,7H2,1-4H3. The van der Waals surface area contributed by atoms with Crippen LogP contribution in [0.4, 0.5) is 0 Å². The Kier molecular flexibility index (Phi) is 3.55. The van der Waals surface area contributed by atoms with Crippen LogP contribution in [0, 0.1) is 27.7 Å². The fourth-order valence-electron chi connectivity index (χ4n) is 1.97. The number of thiazole rings is 1. The van der Waals surface area contributed by atoms with E-state index >= 15 is 0 Å². The molecule has 0 amide bonds. The minimum atomic E-state index is 0.495. The van der Waals surface area contributed by atoms with Crippen molar-refractivity contribution in [1.82, 2.24) is 4.98 Å². The van der Waals surface area contributed by atoms with Crippen molar-refractivity contribution in [3.05, 3.63) is 38.7 Å². The molecule has 2 rings (SSSR count). The summed E-state index contributed by atoms with van der Waals surface area (Å²) in [6.45, 7) is 8.58. The maximum Gasteiger partial charge on any atom is 0.108 e. The third-order valence-corrected chi connectivity index (χ3v) is 4.65. The molecule has 0 spiro atoms. The SMILES string of the molecule is Cc1ccc(-c2nc(CCl)sc2C)c(C)c1C. The number of rotatable bonds is 2. The van der Waals surface area contributed by atoms with Crippen molar-refractivity contribution >= 4 is 22.9 Å². The van der Waals surface area contributed by atoms with Crippen molar-refractivity contribution in [3.8, 4) is 11.3 Å². The Bertz CT molecular complexity index is 558. The summed E-state index contributed by atoms with van der Waals surface area (Å²) in [6.07, 6.45) is 0. The van der Waals surface area contributed by atoms with Gasteiger partial charge in [0.15, 0.2) is 0 Å². The quantitative estimate of drug-likeness (QED) is 0.712. The molecule has 0 saturated heterocycles. The highest BCUT2D eigenvalue weighted by Crippen LogP contribution is 2.32. The lowest BCUT2D eigenvalue weighted by Gasteiger charge is -2.10. The first-order chi connectivity index (χ1) is 8.04. The molecule has 1 nitrogen and oxygen atoms in total. The van der Waals surface area contributed by atoms with Crippen LogP contribution in [-0.4, -0.2) is 4.98 Å². The van der Waals surface area contributed by atoms with Crippen molar-refractivity contribution in [2.24, 2.45) is 0 Å². The molecule has 0 atom stereocenters. The largest absolute Gasteiger partial charge is 0.240 e. The van der Waals surface area contributed by atoms with Gasteiger partial charge in [0, 0.05) is 10.4 Å². The summed E-state index contributed by atoms with van der Waals surface area (Å²) >= 11 is 7.53. The van der Waals surface area contributed by atoms with Gasteiger partial charge in [-0.25, -0.2) is 4.98 Å². The summed E-state index contributed by atoms with van der Waals surface area (Å²) in [5, 5.41) is 0.997. The molecule has 0 radical (unpaired) electrons. The van der Waals surface area contributed by atoms with E-state index in [1.807, 2.05) is 0 Å². The number of aromatic nitrogens is 1. The number of halogens is 1. The normalized spacial score (nSPS) is 10.9. The maximum absolute atomic E-state index is 5.84. The number of aryl methyl sites for hydroxylation is 2. The third kappa shape index (κ3) is 2.24. The second-order valence-corrected chi connectivity index (χ2v) is 5.88. The summed E-state index contributed by atoms with van der Waals surface area (Å²) in [7, 11) is 0. The summed E-state index contributed by atoms with van der Waals surface area (Å²) in [4.78, 5) is 5.86. The number of nitrogens with zero attached hydrogens (tertiary/aromatic N) is 1. The molecule has 0 saturated carbocycles. The highest BCUT2D eigenvalue weighted by Gasteiger charge is 2.13. The minimum absolute atomic E-state index is 0.495. The summed E-state index contributed by atoms with van der Waals surface area (Å²) in [5.74, 6) is 0.495. The van der Waals surface area contributed by atoms with Crippen LogP contribution in [0.3, 0.4) is 0 Å². The van der Waals surface area contributed by atoms with Gasteiger partial charge in [0.05, 0.1) is 11.6 Å². The number of benzene rings is 1. The molecular formula is C14H16ClNS. The van der Waals surface area contributed by atoms with Crippen LogP contribution < -0.4 is 0 Å². The first-order valence-corrected chi connectivity index (χ1v) is 6.99. The molecule has 0 aliphatic rings. The van der Waals surface area contributed by atoms with Crippen LogP contribution in [0.2, 0.25) is 0 Å². The fourth-order valence-corrected chi connectivity index (χ4v) is 2.99. The Morgan fingerprint density at radius 3 is 2.41 bits per heavy atom. The van der Waals surface area contributed by atoms with Crippen LogP contribution in [0.5, 0.6) is 0 Å². The summed E-state index contributed by atoms with van der Waals surface area (Å²) in [6, 6.07) is 4.33. The number of alkyl halides is 1. The molecule has 0 aliphatic carbocycles. The zero-order chi connectivity index (χ0) is 12.6. The first-order valence-electron chi connectivity index (χ1n) is 5.64. The third-order valence-electron chi connectivity index (χ3n) is 3.27. The van der Waals surface area contributed by atoms with E-state index < -0.39 is 0 Å². The number of hydrogen-bond donors (Lipinski definition) is 0. The van der Waals surface area contributed by atoms with Gasteiger partial charge < -0.3 is 0 Å². The lowest BCUT2D eigenvalue weighted by molar-refractivity contribution is 1.22. The van der Waals surface area contributed by atoms with Gasteiger partial charge in [-0.05, 0) is 44.4 Å². The summed E-state index contributed by atoms with van der Waals surface area (Å²) in [5.41, 5.74) is 6.32. The highest BCUT2D eigenvalue weighted by molar-refractivity contribution is 7.12. The van der Waals surface area contributed by atoms with Gasteiger partial charge in [-0.2, -0.15) is 0 Å². The van der Waals surface area contributed by atoms with E-state index in [0.717, 1.165) is 10.7 Å². The first kappa shape index (κ1) is 12.6. The van der Waals surface area contributed by atoms with Crippen LogP contribution >= 0.6 is 22.9 Å². The van der Waals surface area contributed by atoms with Gasteiger partial charge >= 0.3 is 0 Å². The molecule has 1 aromatic heterocycles. The lowest BCUT2D eigenvalue weighted by Crippen LogP contribution is -1.92. The molecular weight excluding hydrogens is 250 g/mol. The van der Waals surface area contributed by atoms with E-state index in [9.17, 15) is 0 Å². The fraction of sp³-hybridized carbons (Fsp3) is 0.357. The van der Waals surface area contributed by atoms with Crippen molar-refractivity contribution in [3.63, 3.8) is 0 Å². The van der Waals surface area contributed by atoms with Crippen molar-refractivity contribution in [2.45, 2.75) is 33.6 Å². The average Bonchev–Trinajstić information content (AvgIpc) is 2.68. The summed E-state index contributed by atoms with van der Waals surface area (Å²) < 4.78 is 0. The van der Waals surface area contributed by atoms with Gasteiger partial charge in [0.1, 0.15) is 5.01 Å². The molecule has 1 heterocycles. The zero-order valence-electron chi connectivity index (χ0n) is 10.6. The minimum Gasteiger partial charge on any atom is -0.240 e. The van der Waals surface area contributed by atoms with Crippen molar-refractivity contribution < 1.29 is 0 Å². The van der Waals surface area contributed by atoms with Crippen molar-refractivity contribution in [1.29, 1.82) is 0 Å². The van der Waals surface area contributed by atoms with Crippen LogP contribution in [0.1, 0.15) is 26.6 Å². The molecule has 0 aliphatic heterocycles. The van der Waals surface area contributed by atoms with E-state index in [1.165, 1.54) is 27.1 Å². The van der Waals surface area contributed by atoms with Crippen LogP contribution in [0.25, 0.3) is 11.3 Å². The molecule has 0 fully saturated rings. The molecule has 0 bridgehead atoms. The van der Waals surface area contributed by atoms with E-state index in [4.69, 9.17) is 11.6 Å². The van der Waals surface area contributed by atoms with E-state index in [1.54, 1.807) is 11.3 Å². The molecule has 0 N–H and O–H groups in total. The second kappa shape index (κ2) is 4.79. The lowest BCUT2D eigenvalue weighted by atomic mass is 9.97. The molecule has 90 valence electrons. The van der Waals surface area contributed by atoms with Gasteiger partial charge in [-0.15, -0.1) is 22.9 Å². The average molecular weight is 266 g/mol. The molecule has 3 heteroatoms. The topological polar surface area (TPSA) is 12.9 Å². The van der Waals surface area contributed by atoms with Gasteiger partial charge in [0.25, 0.3) is 0 Å². The Morgan fingerprint density at radius 2 is 1.82 bits per heavy atom. The predicted molar refractivity (Wildman–Crippen MR) is 76.1 cm³/mol. The Labute approximate surface area is 111 Å². The van der Waals surface area contributed by atoms with Crippen molar-refractivity contribution in [2.75, 3.05) is 0 Å². The smallest absolute Gasteiger partial charge is 0.108 e. The van der Waals surface area contributed by atoms with Gasteiger partial charge in [-0.3, -0.25) is 0 Å². The van der Waals surface area contributed by atoms with E-state index in [0.29, 0.717) is 5.88 Å². The van der Waals surface area contributed by atoms with Gasteiger partial charge in [-0.1, -0.05) is 12.1 Å². The molecule has 17 heavy (non-hydrogen) atoms. The Hall–Kier alpha value is -0.860. The zero-order valence-corrected chi connectivity index (χ0v) is 12.2. The molecule has 1 aromatic carbocycles. The van der Waals surface area contributed by atoms with E-state index in [2.05, 4.69) is 44.8 Å². The monoisotopic (exact) mass is 265 g/mol. The Balaban J connectivity index is 2.60. The van der Waals surface area contributed by atoms with Crippen LogP contribution in [0.15, 0.2) is 12.1 Å². The van der Waals surface area contributed by atoms with Gasteiger partial charge in [0.2, 0.25) is 0 Å². The molecule has 0 unspecified atom stereocenters. The number of hydrogen-bond acceptors (Lipinski definition) is 2.